The van der Waals surface area contributed by atoms with Gasteiger partial charge in [-0.1, -0.05) is 5.92 Å². The molecule has 0 bridgehead atoms. The van der Waals surface area contributed by atoms with Gasteiger partial charge in [0, 0.05) is 30.2 Å². The van der Waals surface area contributed by atoms with Crippen LogP contribution in [0.25, 0.3) is 17.2 Å². The Morgan fingerprint density at radius 3 is 2.77 bits per heavy atom. The summed E-state index contributed by atoms with van der Waals surface area (Å²) in [6, 6.07) is 7.58. The number of aliphatic hydroxyl groups is 1. The molecule has 154 valence electrons. The Hall–Kier alpha value is -3.90. The van der Waals surface area contributed by atoms with Crippen LogP contribution in [-0.2, 0) is 0 Å². The molecule has 1 aliphatic rings. The zero-order chi connectivity index (χ0) is 21.0. The van der Waals surface area contributed by atoms with Crippen molar-refractivity contribution in [2.75, 3.05) is 5.32 Å². The van der Waals surface area contributed by atoms with Crippen LogP contribution in [0.4, 0.5) is 5.95 Å². The third-order valence-electron chi connectivity index (χ3n) is 5.21. The molecule has 0 spiro atoms. The van der Waals surface area contributed by atoms with Crippen molar-refractivity contribution in [2.45, 2.75) is 37.8 Å². The lowest BCUT2D eigenvalue weighted by atomic mass is 9.93. The molecule has 9 heteroatoms. The second-order valence-corrected chi connectivity index (χ2v) is 7.44. The summed E-state index contributed by atoms with van der Waals surface area (Å²) in [7, 11) is 0. The summed E-state index contributed by atoms with van der Waals surface area (Å²) in [5, 5.41) is 20.9. The fourth-order valence-corrected chi connectivity index (χ4v) is 3.54. The average molecular weight is 412 g/mol. The number of nitrogens with one attached hydrogen (secondary N) is 1. The number of aliphatic hydroxyl groups excluding tert-OH is 1. The van der Waals surface area contributed by atoms with Crippen molar-refractivity contribution in [2.24, 2.45) is 0 Å². The van der Waals surface area contributed by atoms with Crippen LogP contribution in [-0.4, -0.2) is 51.8 Å². The van der Waals surface area contributed by atoms with Gasteiger partial charge in [0.25, 0.3) is 0 Å². The van der Waals surface area contributed by atoms with E-state index in [0.29, 0.717) is 23.2 Å². The van der Waals surface area contributed by atoms with Gasteiger partial charge in [-0.3, -0.25) is 4.40 Å². The van der Waals surface area contributed by atoms with Crippen molar-refractivity contribution in [3.63, 3.8) is 0 Å². The Kier molecular flexibility index (Phi) is 5.21. The van der Waals surface area contributed by atoms with E-state index in [1.54, 1.807) is 30.9 Å². The zero-order valence-electron chi connectivity index (χ0n) is 16.7. The van der Waals surface area contributed by atoms with Crippen molar-refractivity contribution in [1.82, 2.24) is 34.5 Å². The van der Waals surface area contributed by atoms with E-state index in [0.717, 1.165) is 36.9 Å². The first-order valence-electron chi connectivity index (χ1n) is 10.2. The van der Waals surface area contributed by atoms with Crippen LogP contribution >= 0.6 is 0 Å². The van der Waals surface area contributed by atoms with Gasteiger partial charge in [0.2, 0.25) is 5.95 Å². The Balaban J connectivity index is 1.34. The van der Waals surface area contributed by atoms with Gasteiger partial charge in [-0.25, -0.2) is 19.9 Å². The second kappa shape index (κ2) is 8.45. The molecule has 2 N–H and O–H groups in total. The molecule has 0 aromatic carbocycles. The number of pyridine rings is 1. The van der Waals surface area contributed by atoms with Crippen molar-refractivity contribution < 1.29 is 5.11 Å². The molecule has 4 heterocycles. The highest BCUT2D eigenvalue weighted by molar-refractivity contribution is 5.53. The van der Waals surface area contributed by atoms with E-state index < -0.39 is 0 Å². The summed E-state index contributed by atoms with van der Waals surface area (Å²) in [4.78, 5) is 17.8. The third kappa shape index (κ3) is 4.49. The van der Waals surface area contributed by atoms with E-state index in [1.165, 1.54) is 0 Å². The molecule has 1 aliphatic carbocycles. The lowest BCUT2D eigenvalue weighted by molar-refractivity contribution is 0.126. The van der Waals surface area contributed by atoms with Gasteiger partial charge in [0.15, 0.2) is 11.5 Å². The molecule has 1 saturated carbocycles. The largest absolute Gasteiger partial charge is 0.393 e. The second-order valence-electron chi connectivity index (χ2n) is 7.44. The van der Waals surface area contributed by atoms with E-state index in [4.69, 9.17) is 0 Å². The van der Waals surface area contributed by atoms with Crippen molar-refractivity contribution in [3.05, 3.63) is 60.4 Å². The third-order valence-corrected chi connectivity index (χ3v) is 5.21. The molecule has 0 aliphatic heterocycles. The maximum absolute atomic E-state index is 9.67. The minimum Gasteiger partial charge on any atom is -0.393 e. The Morgan fingerprint density at radius 2 is 1.87 bits per heavy atom. The van der Waals surface area contributed by atoms with Gasteiger partial charge in [0.05, 0.1) is 6.10 Å². The first-order valence-corrected chi connectivity index (χ1v) is 10.2. The molecule has 5 rings (SSSR count). The van der Waals surface area contributed by atoms with Gasteiger partial charge in [0.1, 0.15) is 17.7 Å². The van der Waals surface area contributed by atoms with E-state index in [2.05, 4.69) is 47.3 Å². The first-order chi connectivity index (χ1) is 15.2. The van der Waals surface area contributed by atoms with Crippen molar-refractivity contribution in [1.29, 1.82) is 0 Å². The number of hydrogen-bond donors (Lipinski definition) is 2. The molecule has 4 aromatic heterocycles. The first kappa shape index (κ1) is 19.1. The van der Waals surface area contributed by atoms with E-state index in [-0.39, 0.29) is 12.1 Å². The lowest BCUT2D eigenvalue weighted by Gasteiger charge is -2.26. The SMILES string of the molecule is O[C@H]1CC[C@@H](Nc2nccc(-c3nccc(C#Cc4ccn5cnnc5c4)n3)n2)CC1. The van der Waals surface area contributed by atoms with E-state index >= 15 is 0 Å². The van der Waals surface area contributed by atoms with Crippen LogP contribution in [0.1, 0.15) is 36.9 Å². The predicted octanol–water partition coefficient (Wildman–Crippen LogP) is 2.09. The quantitative estimate of drug-likeness (QED) is 0.492. The molecule has 0 atom stereocenters. The molecule has 9 nitrogen and oxygen atoms in total. The molecule has 0 saturated heterocycles. The smallest absolute Gasteiger partial charge is 0.223 e. The standard InChI is InChI=1S/C22H20N8O/c31-18-5-3-16(4-6-18)27-22-24-11-8-19(28-22)21-23-10-7-17(26-21)2-1-15-9-12-30-14-25-29-20(30)13-15/h7-14,16,18,31H,3-6H2,(H,24,27,28)/t16-,18+. The average Bonchev–Trinajstić information content (AvgIpc) is 3.28. The summed E-state index contributed by atoms with van der Waals surface area (Å²) in [5.41, 5.74) is 2.79. The Labute approximate surface area is 178 Å². The molecular formula is C22H20N8O. The van der Waals surface area contributed by atoms with Crippen LogP contribution in [0.5, 0.6) is 0 Å². The molecule has 4 aromatic rings. The fourth-order valence-electron chi connectivity index (χ4n) is 3.54. The van der Waals surface area contributed by atoms with Crippen LogP contribution in [0.15, 0.2) is 49.2 Å². The highest BCUT2D eigenvalue weighted by Gasteiger charge is 2.20. The highest BCUT2D eigenvalue weighted by atomic mass is 16.3. The molecular weight excluding hydrogens is 392 g/mol. The topological polar surface area (TPSA) is 114 Å². The summed E-state index contributed by atoms with van der Waals surface area (Å²) >= 11 is 0. The predicted molar refractivity (Wildman–Crippen MR) is 114 cm³/mol. The van der Waals surface area contributed by atoms with Crippen LogP contribution in [0.2, 0.25) is 0 Å². The number of rotatable bonds is 3. The summed E-state index contributed by atoms with van der Waals surface area (Å²) in [6.07, 6.45) is 10.1. The minimum atomic E-state index is -0.194. The molecule has 0 amide bonds. The molecule has 1 fully saturated rings. The normalized spacial score (nSPS) is 18.4. The fraction of sp³-hybridized carbons (Fsp3) is 0.273. The summed E-state index contributed by atoms with van der Waals surface area (Å²) < 4.78 is 1.82. The monoisotopic (exact) mass is 412 g/mol. The molecule has 0 unspecified atom stereocenters. The maximum Gasteiger partial charge on any atom is 0.223 e. The maximum atomic E-state index is 9.67. The summed E-state index contributed by atoms with van der Waals surface area (Å²) in [5.74, 6) is 7.21. The van der Waals surface area contributed by atoms with E-state index in [9.17, 15) is 5.11 Å². The number of fused-ring (bicyclic) bond motifs is 1. The lowest BCUT2D eigenvalue weighted by Crippen LogP contribution is -2.28. The van der Waals surface area contributed by atoms with Gasteiger partial charge in [-0.05, 0) is 55.9 Å². The minimum absolute atomic E-state index is 0.194. The van der Waals surface area contributed by atoms with Crippen LogP contribution in [0.3, 0.4) is 0 Å². The van der Waals surface area contributed by atoms with Gasteiger partial charge in [-0.2, -0.15) is 0 Å². The van der Waals surface area contributed by atoms with Crippen LogP contribution in [0, 0.1) is 11.8 Å². The number of aromatic nitrogens is 7. The number of nitrogens with zero attached hydrogens (tertiary/aromatic N) is 7. The number of hydrogen-bond acceptors (Lipinski definition) is 8. The van der Waals surface area contributed by atoms with Gasteiger partial charge >= 0.3 is 0 Å². The Morgan fingerprint density at radius 1 is 1.00 bits per heavy atom. The van der Waals surface area contributed by atoms with Gasteiger partial charge in [-0.15, -0.1) is 10.2 Å². The zero-order valence-corrected chi connectivity index (χ0v) is 16.7. The molecule has 31 heavy (non-hydrogen) atoms. The Bertz CT molecular complexity index is 1270. The number of anilines is 1. The highest BCUT2D eigenvalue weighted by Crippen LogP contribution is 2.21. The summed E-state index contributed by atoms with van der Waals surface area (Å²) in [6.45, 7) is 0. The molecule has 0 radical (unpaired) electrons. The van der Waals surface area contributed by atoms with Crippen molar-refractivity contribution in [3.8, 4) is 23.4 Å². The van der Waals surface area contributed by atoms with Crippen LogP contribution < -0.4 is 5.32 Å². The van der Waals surface area contributed by atoms with E-state index in [1.807, 2.05) is 22.7 Å². The van der Waals surface area contributed by atoms with Crippen molar-refractivity contribution >= 4 is 11.6 Å². The van der Waals surface area contributed by atoms with Gasteiger partial charge < -0.3 is 10.4 Å².